The number of fused-ring (bicyclic) bond motifs is 1. The minimum absolute atomic E-state index is 0.0361. The van der Waals surface area contributed by atoms with Crippen LogP contribution in [0.15, 0.2) is 48.2 Å². The fourth-order valence-corrected chi connectivity index (χ4v) is 2.10. The van der Waals surface area contributed by atoms with Crippen LogP contribution in [0, 0.1) is 11.3 Å². The van der Waals surface area contributed by atoms with Gasteiger partial charge in [-0.25, -0.2) is 0 Å². The Hall–Kier alpha value is -3.04. The summed E-state index contributed by atoms with van der Waals surface area (Å²) in [5, 5.41) is 34.4. The second-order valence-corrected chi connectivity index (χ2v) is 4.83. The summed E-state index contributed by atoms with van der Waals surface area (Å²) in [5.74, 6) is -0.417. The molecule has 0 aliphatic carbocycles. The molecule has 118 valence electrons. The van der Waals surface area contributed by atoms with Crippen LogP contribution in [0.1, 0.15) is 6.42 Å². The van der Waals surface area contributed by atoms with E-state index >= 15 is 0 Å². The topological polar surface area (TPSA) is 105 Å². The number of nitriles is 1. The van der Waals surface area contributed by atoms with Gasteiger partial charge in [0.15, 0.2) is 0 Å². The third-order valence-electron chi connectivity index (χ3n) is 3.24. The zero-order valence-corrected chi connectivity index (χ0v) is 12.4. The van der Waals surface area contributed by atoms with Gasteiger partial charge in [0.05, 0.1) is 0 Å². The van der Waals surface area contributed by atoms with E-state index < -0.39 is 5.91 Å². The number of aromatic hydroxyl groups is 1. The molecule has 23 heavy (non-hydrogen) atoms. The first-order valence-electron chi connectivity index (χ1n) is 7.14. The number of aliphatic hydroxyl groups excluding tert-OH is 1. The van der Waals surface area contributed by atoms with Gasteiger partial charge in [0.2, 0.25) is 0 Å². The van der Waals surface area contributed by atoms with Crippen LogP contribution in [-0.2, 0) is 4.79 Å². The Labute approximate surface area is 133 Å². The second-order valence-electron chi connectivity index (χ2n) is 4.83. The minimum atomic E-state index is -0.542. The van der Waals surface area contributed by atoms with Gasteiger partial charge in [-0.3, -0.25) is 4.79 Å². The first kappa shape index (κ1) is 16.3. The van der Waals surface area contributed by atoms with E-state index in [0.717, 1.165) is 0 Å². The zero-order chi connectivity index (χ0) is 16.7. The van der Waals surface area contributed by atoms with Crippen LogP contribution in [0.5, 0.6) is 5.75 Å². The lowest BCUT2D eigenvalue weighted by Crippen LogP contribution is -2.17. The van der Waals surface area contributed by atoms with Crippen molar-refractivity contribution >= 4 is 22.4 Å². The summed E-state index contributed by atoms with van der Waals surface area (Å²) in [6, 6.07) is 12.0. The SMILES string of the molecule is N#C/C(=C/NCCCO)C(=O)Nc1cccc2c(O)cccc12. The maximum absolute atomic E-state index is 12.2. The van der Waals surface area contributed by atoms with E-state index in [-0.39, 0.29) is 17.9 Å². The Morgan fingerprint density at radius 3 is 2.70 bits per heavy atom. The molecule has 6 nitrogen and oxygen atoms in total. The molecule has 4 N–H and O–H groups in total. The summed E-state index contributed by atoms with van der Waals surface area (Å²) in [7, 11) is 0. The van der Waals surface area contributed by atoms with Crippen LogP contribution in [0.25, 0.3) is 10.8 Å². The highest BCUT2D eigenvalue weighted by Gasteiger charge is 2.11. The van der Waals surface area contributed by atoms with E-state index in [2.05, 4.69) is 10.6 Å². The molecule has 0 aliphatic heterocycles. The summed E-state index contributed by atoms with van der Waals surface area (Å²) in [6.45, 7) is 0.505. The normalized spacial score (nSPS) is 11.0. The lowest BCUT2D eigenvalue weighted by atomic mass is 10.1. The number of anilines is 1. The predicted molar refractivity (Wildman–Crippen MR) is 87.6 cm³/mol. The lowest BCUT2D eigenvalue weighted by molar-refractivity contribution is -0.112. The molecule has 0 heterocycles. The van der Waals surface area contributed by atoms with E-state index in [4.69, 9.17) is 10.4 Å². The number of benzene rings is 2. The van der Waals surface area contributed by atoms with E-state index in [1.807, 2.05) is 6.07 Å². The largest absolute Gasteiger partial charge is 0.507 e. The molecule has 0 aliphatic rings. The van der Waals surface area contributed by atoms with Crippen molar-refractivity contribution in [2.45, 2.75) is 6.42 Å². The van der Waals surface area contributed by atoms with Crippen LogP contribution in [0.2, 0.25) is 0 Å². The number of hydrogen-bond acceptors (Lipinski definition) is 5. The minimum Gasteiger partial charge on any atom is -0.507 e. The van der Waals surface area contributed by atoms with Crippen molar-refractivity contribution in [1.29, 1.82) is 5.26 Å². The Balaban J connectivity index is 2.20. The standard InChI is InChI=1S/C17H17N3O3/c18-10-12(11-19-8-3-9-21)17(23)20-15-6-1-5-14-13(15)4-2-7-16(14)22/h1-2,4-7,11,19,21-22H,3,8-9H2,(H,20,23)/b12-11-. The maximum Gasteiger partial charge on any atom is 0.267 e. The quantitative estimate of drug-likeness (QED) is 0.370. The average Bonchev–Trinajstić information content (AvgIpc) is 2.56. The second kappa shape index (κ2) is 7.82. The van der Waals surface area contributed by atoms with Gasteiger partial charge in [0.1, 0.15) is 17.4 Å². The molecule has 0 saturated carbocycles. The summed E-state index contributed by atoms with van der Waals surface area (Å²) in [4.78, 5) is 12.2. The Morgan fingerprint density at radius 1 is 1.22 bits per heavy atom. The van der Waals surface area contributed by atoms with E-state index in [9.17, 15) is 9.90 Å². The summed E-state index contributed by atoms with van der Waals surface area (Å²) in [5.41, 5.74) is 0.444. The molecule has 0 spiro atoms. The van der Waals surface area contributed by atoms with E-state index in [0.29, 0.717) is 29.4 Å². The van der Waals surface area contributed by atoms with E-state index in [1.165, 1.54) is 6.20 Å². The monoisotopic (exact) mass is 311 g/mol. The molecule has 6 heteroatoms. The molecule has 0 fully saturated rings. The van der Waals surface area contributed by atoms with Crippen LogP contribution >= 0.6 is 0 Å². The van der Waals surface area contributed by atoms with Crippen molar-refractivity contribution in [3.05, 3.63) is 48.2 Å². The first-order chi connectivity index (χ1) is 11.2. The molecule has 0 unspecified atom stereocenters. The number of nitrogens with zero attached hydrogens (tertiary/aromatic N) is 1. The lowest BCUT2D eigenvalue weighted by Gasteiger charge is -2.09. The van der Waals surface area contributed by atoms with Crippen LogP contribution in [0.4, 0.5) is 5.69 Å². The number of carbonyl (C=O) groups is 1. The Kier molecular flexibility index (Phi) is 5.56. The number of carbonyl (C=O) groups excluding carboxylic acids is 1. The molecule has 0 bridgehead atoms. The number of phenolic OH excluding ortho intramolecular Hbond substituents is 1. The van der Waals surface area contributed by atoms with Gasteiger partial charge >= 0.3 is 0 Å². The number of amides is 1. The fourth-order valence-electron chi connectivity index (χ4n) is 2.10. The van der Waals surface area contributed by atoms with E-state index in [1.54, 1.807) is 36.4 Å². The van der Waals surface area contributed by atoms with Crippen LogP contribution in [0.3, 0.4) is 0 Å². The predicted octanol–water partition coefficient (Wildman–Crippen LogP) is 1.86. The smallest absolute Gasteiger partial charge is 0.267 e. The third kappa shape index (κ3) is 3.99. The molecule has 2 aromatic carbocycles. The highest BCUT2D eigenvalue weighted by molar-refractivity contribution is 6.11. The Morgan fingerprint density at radius 2 is 1.96 bits per heavy atom. The van der Waals surface area contributed by atoms with Crippen LogP contribution in [-0.4, -0.2) is 29.3 Å². The summed E-state index contributed by atoms with van der Waals surface area (Å²) < 4.78 is 0. The number of nitrogens with one attached hydrogen (secondary N) is 2. The van der Waals surface area contributed by atoms with Gasteiger partial charge in [0, 0.05) is 35.8 Å². The molecule has 2 rings (SSSR count). The van der Waals surface area contributed by atoms with Crippen molar-refractivity contribution in [2.75, 3.05) is 18.5 Å². The molecule has 0 radical (unpaired) electrons. The molecule has 2 aromatic rings. The highest BCUT2D eigenvalue weighted by atomic mass is 16.3. The highest BCUT2D eigenvalue weighted by Crippen LogP contribution is 2.29. The molecule has 0 aromatic heterocycles. The van der Waals surface area contributed by atoms with Crippen molar-refractivity contribution < 1.29 is 15.0 Å². The number of hydrogen-bond donors (Lipinski definition) is 4. The van der Waals surface area contributed by atoms with Crippen molar-refractivity contribution in [3.63, 3.8) is 0 Å². The van der Waals surface area contributed by atoms with Gasteiger partial charge in [-0.1, -0.05) is 24.3 Å². The van der Waals surface area contributed by atoms with Gasteiger partial charge in [-0.05, 0) is 18.6 Å². The molecule has 0 saturated heterocycles. The average molecular weight is 311 g/mol. The summed E-state index contributed by atoms with van der Waals surface area (Å²) >= 11 is 0. The van der Waals surface area contributed by atoms with Crippen molar-refractivity contribution in [3.8, 4) is 11.8 Å². The third-order valence-corrected chi connectivity index (χ3v) is 3.24. The first-order valence-corrected chi connectivity index (χ1v) is 7.14. The van der Waals surface area contributed by atoms with Crippen LogP contribution < -0.4 is 10.6 Å². The molecular weight excluding hydrogens is 294 g/mol. The maximum atomic E-state index is 12.2. The van der Waals surface area contributed by atoms with Crippen molar-refractivity contribution in [2.24, 2.45) is 0 Å². The number of phenols is 1. The fraction of sp³-hybridized carbons (Fsp3) is 0.176. The molecule has 0 atom stereocenters. The van der Waals surface area contributed by atoms with Gasteiger partial charge in [0.25, 0.3) is 5.91 Å². The van der Waals surface area contributed by atoms with Crippen molar-refractivity contribution in [1.82, 2.24) is 5.32 Å². The van der Waals surface area contributed by atoms with Gasteiger partial charge < -0.3 is 20.8 Å². The Bertz CT molecular complexity index is 778. The zero-order valence-electron chi connectivity index (χ0n) is 12.4. The molecule has 1 amide bonds. The number of aliphatic hydroxyl groups is 1. The number of rotatable bonds is 6. The molecular formula is C17H17N3O3. The summed E-state index contributed by atoms with van der Waals surface area (Å²) in [6.07, 6.45) is 1.85. The van der Waals surface area contributed by atoms with Gasteiger partial charge in [-0.15, -0.1) is 0 Å². The van der Waals surface area contributed by atoms with Gasteiger partial charge in [-0.2, -0.15) is 5.26 Å².